The van der Waals surface area contributed by atoms with Crippen LogP contribution in [0.1, 0.15) is 27.8 Å². The fraction of sp³-hybridized carbons (Fsp3) is 0.467. The minimum absolute atomic E-state index is 0. The zero-order valence-electron chi connectivity index (χ0n) is 14.5. The molecule has 0 unspecified atom stereocenters. The number of rotatable bonds is 2. The Bertz CT molecular complexity index is 625. The van der Waals surface area contributed by atoms with Gasteiger partial charge in [-0.2, -0.15) is 0 Å². The first-order valence-corrected chi connectivity index (χ1v) is 10.5. The second kappa shape index (κ2) is 8.02. The maximum atomic E-state index is 13.4. The number of nitrogens with two attached hydrogens (primary N) is 1. The molecule has 0 aliphatic carbocycles. The van der Waals surface area contributed by atoms with Gasteiger partial charge in [0.25, 0.3) is 0 Å². The Balaban J connectivity index is 0.00000441. The molecule has 7 heteroatoms. The average Bonchev–Trinajstić information content (AvgIpc) is 2.25. The van der Waals surface area contributed by atoms with Gasteiger partial charge in [0.2, 0.25) is 0 Å². The van der Waals surface area contributed by atoms with Crippen molar-refractivity contribution in [2.24, 2.45) is 5.73 Å². The van der Waals surface area contributed by atoms with Crippen molar-refractivity contribution in [3.8, 4) is 11.5 Å². The summed E-state index contributed by atoms with van der Waals surface area (Å²) in [5, 5.41) is 0. The second-order valence-electron chi connectivity index (χ2n) is 6.42. The third-order valence-electron chi connectivity index (χ3n) is 3.56. The van der Waals surface area contributed by atoms with E-state index in [9.17, 15) is 12.9 Å². The topological polar surface area (TPSA) is 26.0 Å². The third kappa shape index (κ3) is 5.23. The standard InChI is InChI=1S/C15H22BF3NSi.K/c1-10-13(7-8-21(4,5)6)11(2)15(16(17,18)19)12(3)14(10)9-20;/h9,20H2,1-6H3;/q-1;+1. The molecule has 0 aliphatic heterocycles. The minimum atomic E-state index is -5.07. The normalized spacial score (nSPS) is 11.5. The average molecular weight is 351 g/mol. The summed E-state index contributed by atoms with van der Waals surface area (Å²) in [6.45, 7) is 6.05. The van der Waals surface area contributed by atoms with Crippen LogP contribution in [-0.2, 0) is 6.54 Å². The summed E-state index contributed by atoms with van der Waals surface area (Å²) in [4.78, 5) is 0. The van der Waals surface area contributed by atoms with Crippen LogP contribution in [0.2, 0.25) is 19.6 Å². The summed E-state index contributed by atoms with van der Waals surface area (Å²) in [5.41, 5.74) is 10.6. The SMILES string of the molecule is Cc1c(C#C[Si](C)(C)C)c(C)c([B-](F)(F)F)c(C)c1CN.[K+]. The van der Waals surface area contributed by atoms with Gasteiger partial charge in [0.15, 0.2) is 0 Å². The van der Waals surface area contributed by atoms with E-state index in [1.807, 2.05) is 6.92 Å². The second-order valence-corrected chi connectivity index (χ2v) is 11.2. The number of halogens is 3. The molecule has 0 radical (unpaired) electrons. The summed E-state index contributed by atoms with van der Waals surface area (Å²) in [7, 11) is -1.66. The molecule has 0 aromatic heterocycles. The molecule has 116 valence electrons. The molecule has 0 saturated heterocycles. The van der Waals surface area contributed by atoms with Crippen LogP contribution in [0, 0.1) is 32.2 Å². The van der Waals surface area contributed by atoms with Crippen LogP contribution in [0.25, 0.3) is 0 Å². The summed E-state index contributed by atoms with van der Waals surface area (Å²) < 4.78 is 40.2. The van der Waals surface area contributed by atoms with Crippen molar-refractivity contribution >= 4 is 20.5 Å². The van der Waals surface area contributed by atoms with Gasteiger partial charge >= 0.3 is 58.4 Å². The van der Waals surface area contributed by atoms with Gasteiger partial charge < -0.3 is 18.7 Å². The molecule has 2 N–H and O–H groups in total. The predicted molar refractivity (Wildman–Crippen MR) is 87.5 cm³/mol. The first-order chi connectivity index (χ1) is 9.40. The van der Waals surface area contributed by atoms with Gasteiger partial charge in [-0.15, -0.1) is 11.0 Å². The van der Waals surface area contributed by atoms with Crippen molar-refractivity contribution in [1.29, 1.82) is 0 Å². The Morgan fingerprint density at radius 2 is 1.50 bits per heavy atom. The number of hydrogen-bond acceptors (Lipinski definition) is 1. The minimum Gasteiger partial charge on any atom is -0.445 e. The molecule has 0 amide bonds. The summed E-state index contributed by atoms with van der Waals surface area (Å²) >= 11 is 0. The van der Waals surface area contributed by atoms with E-state index >= 15 is 0 Å². The molecule has 1 aromatic carbocycles. The van der Waals surface area contributed by atoms with Crippen LogP contribution in [0.3, 0.4) is 0 Å². The number of hydrogen-bond donors (Lipinski definition) is 1. The van der Waals surface area contributed by atoms with Gasteiger partial charge in [-0.3, -0.25) is 0 Å². The summed E-state index contributed by atoms with van der Waals surface area (Å²) in [6, 6.07) is 0. The predicted octanol–water partition coefficient (Wildman–Crippen LogP) is 0.358. The zero-order valence-corrected chi connectivity index (χ0v) is 18.6. The Morgan fingerprint density at radius 3 is 1.86 bits per heavy atom. The maximum absolute atomic E-state index is 13.4. The van der Waals surface area contributed by atoms with Crippen LogP contribution in [-0.4, -0.2) is 15.1 Å². The van der Waals surface area contributed by atoms with Crippen LogP contribution in [0.5, 0.6) is 0 Å². The third-order valence-corrected chi connectivity index (χ3v) is 4.43. The van der Waals surface area contributed by atoms with Crippen molar-refractivity contribution in [2.45, 2.75) is 47.0 Å². The first kappa shape index (κ1) is 22.4. The van der Waals surface area contributed by atoms with E-state index in [2.05, 4.69) is 31.1 Å². The molecular formula is C15H22BF3KNSi. The van der Waals surface area contributed by atoms with Crippen LogP contribution in [0.4, 0.5) is 12.9 Å². The van der Waals surface area contributed by atoms with E-state index in [0.717, 1.165) is 5.56 Å². The van der Waals surface area contributed by atoms with Crippen molar-refractivity contribution in [3.05, 3.63) is 27.8 Å². The molecule has 1 nitrogen and oxygen atoms in total. The van der Waals surface area contributed by atoms with E-state index in [-0.39, 0.29) is 69.1 Å². The monoisotopic (exact) mass is 351 g/mol. The van der Waals surface area contributed by atoms with Gasteiger partial charge in [0.1, 0.15) is 8.07 Å². The summed E-state index contributed by atoms with van der Waals surface area (Å²) in [5.74, 6) is 3.00. The molecule has 0 fully saturated rings. The molecule has 0 spiro atoms. The zero-order chi connectivity index (χ0) is 16.6. The quantitative estimate of drug-likeness (QED) is 0.604. The molecule has 0 bridgehead atoms. The fourth-order valence-corrected chi connectivity index (χ4v) is 3.03. The van der Waals surface area contributed by atoms with Crippen molar-refractivity contribution in [3.63, 3.8) is 0 Å². The van der Waals surface area contributed by atoms with Crippen LogP contribution < -0.4 is 62.6 Å². The molecule has 0 heterocycles. The van der Waals surface area contributed by atoms with Crippen LogP contribution in [0.15, 0.2) is 0 Å². The van der Waals surface area contributed by atoms with Gasteiger partial charge in [-0.25, -0.2) is 0 Å². The van der Waals surface area contributed by atoms with Gasteiger partial charge in [-0.05, 0) is 31.9 Å². The van der Waals surface area contributed by atoms with E-state index in [4.69, 9.17) is 5.73 Å². The molecule has 0 atom stereocenters. The fourth-order valence-electron chi connectivity index (χ4n) is 2.53. The van der Waals surface area contributed by atoms with Gasteiger partial charge in [0.05, 0.1) is 0 Å². The molecule has 0 aliphatic rings. The molecule has 0 saturated carbocycles. The largest absolute Gasteiger partial charge is 1.00 e. The Morgan fingerprint density at radius 1 is 1.00 bits per heavy atom. The molecule has 22 heavy (non-hydrogen) atoms. The first-order valence-electron chi connectivity index (χ1n) is 6.96. The Kier molecular flexibility index (Phi) is 8.18. The molecule has 1 aromatic rings. The van der Waals surface area contributed by atoms with Gasteiger partial charge in [0, 0.05) is 12.1 Å². The Labute approximate surface area is 175 Å². The van der Waals surface area contributed by atoms with E-state index < -0.39 is 20.5 Å². The smallest absolute Gasteiger partial charge is 0.445 e. The van der Waals surface area contributed by atoms with Gasteiger partial charge in [-0.1, -0.05) is 36.7 Å². The van der Waals surface area contributed by atoms with Crippen molar-refractivity contribution in [2.75, 3.05) is 0 Å². The van der Waals surface area contributed by atoms with E-state index in [0.29, 0.717) is 11.1 Å². The Hall–Kier alpha value is 0.448. The van der Waals surface area contributed by atoms with E-state index in [1.54, 1.807) is 0 Å². The molecular weight excluding hydrogens is 329 g/mol. The van der Waals surface area contributed by atoms with Crippen molar-refractivity contribution < 1.29 is 64.3 Å². The van der Waals surface area contributed by atoms with Crippen molar-refractivity contribution in [1.82, 2.24) is 0 Å². The number of benzene rings is 1. The maximum Gasteiger partial charge on any atom is 1.00 e. The van der Waals surface area contributed by atoms with E-state index in [1.165, 1.54) is 13.8 Å². The molecule has 1 rings (SSSR count). The summed E-state index contributed by atoms with van der Waals surface area (Å²) in [6.07, 6.45) is 0. The van der Waals surface area contributed by atoms with Crippen LogP contribution >= 0.6 is 0 Å².